The molecule has 0 fully saturated rings. The van der Waals surface area contributed by atoms with E-state index in [1.165, 1.54) is 45.1 Å². The molecule has 1 amide bonds. The summed E-state index contributed by atoms with van der Waals surface area (Å²) in [5.41, 5.74) is 7.54. The second-order valence-corrected chi connectivity index (χ2v) is 10.6. The van der Waals surface area contributed by atoms with Gasteiger partial charge in [0.25, 0.3) is 11.5 Å². The van der Waals surface area contributed by atoms with Gasteiger partial charge in [0.05, 0.1) is 12.6 Å². The number of aryl methyl sites for hydroxylation is 1. The number of fused-ring (bicyclic) bond motifs is 3. The van der Waals surface area contributed by atoms with E-state index in [9.17, 15) is 18.4 Å². The Hall–Kier alpha value is -3.89. The first kappa shape index (κ1) is 26.7. The normalized spacial score (nSPS) is 12.5. The number of carbonyl (C=O) groups is 1. The lowest BCUT2D eigenvalue weighted by atomic mass is 9.99. The maximum Gasteiger partial charge on any atom is 0.297 e. The molecule has 0 spiro atoms. The molecule has 5 rings (SSSR count). The lowest BCUT2D eigenvalue weighted by molar-refractivity contribution is 0.0612. The van der Waals surface area contributed by atoms with Crippen molar-refractivity contribution in [3.63, 3.8) is 0 Å². The largest absolute Gasteiger partial charge is 0.448 e. The molecule has 0 bridgehead atoms. The number of amides is 1. The van der Waals surface area contributed by atoms with E-state index in [4.69, 9.17) is 15.1 Å². The standard InChI is InChI=1S/C29H28F2N4O3S/c1-16(2)25(34(10-9-32)28(36)19-5-4-17(3)22(31)12-19)27-33-24-21-13-20(30)6-7-23(21)38-26(24)29(37)35(27)14-18-8-11-39-15-18/h4-8,11-13,15-16,25H,9-10,14,32H2,1-3H3/t25-/m1/s1. The molecule has 0 aliphatic heterocycles. The number of hydrogen-bond acceptors (Lipinski definition) is 6. The summed E-state index contributed by atoms with van der Waals surface area (Å²) in [7, 11) is 0. The number of nitrogens with zero attached hydrogens (tertiary/aromatic N) is 3. The molecule has 0 aliphatic rings. The Kier molecular flexibility index (Phi) is 7.33. The molecule has 0 saturated heterocycles. The molecule has 0 radical (unpaired) electrons. The van der Waals surface area contributed by atoms with Crippen molar-refractivity contribution in [2.45, 2.75) is 33.4 Å². The van der Waals surface area contributed by atoms with Crippen molar-refractivity contribution < 1.29 is 18.0 Å². The van der Waals surface area contributed by atoms with Crippen molar-refractivity contribution >= 4 is 39.3 Å². The zero-order valence-electron chi connectivity index (χ0n) is 21.8. The Labute approximate surface area is 227 Å². The fourth-order valence-corrected chi connectivity index (χ4v) is 5.51. The smallest absolute Gasteiger partial charge is 0.297 e. The third-order valence-corrected chi connectivity index (χ3v) is 7.50. The van der Waals surface area contributed by atoms with Crippen molar-refractivity contribution in [3.8, 4) is 0 Å². The second-order valence-electron chi connectivity index (χ2n) is 9.85. The zero-order chi connectivity index (χ0) is 27.8. The Bertz CT molecular complexity index is 1730. The number of nitrogens with two attached hydrogens (primary N) is 1. The van der Waals surface area contributed by atoms with E-state index in [1.54, 1.807) is 19.1 Å². The van der Waals surface area contributed by atoms with Gasteiger partial charge in [0.15, 0.2) is 0 Å². The molecule has 0 unspecified atom stereocenters. The van der Waals surface area contributed by atoms with Crippen LogP contribution in [0.25, 0.3) is 22.1 Å². The van der Waals surface area contributed by atoms with Crippen molar-refractivity contribution in [1.82, 2.24) is 14.5 Å². The summed E-state index contributed by atoms with van der Waals surface area (Å²) in [4.78, 5) is 34.2. The molecule has 39 heavy (non-hydrogen) atoms. The molecule has 0 aliphatic carbocycles. The summed E-state index contributed by atoms with van der Waals surface area (Å²) in [6.45, 7) is 5.92. The average Bonchev–Trinajstić information content (AvgIpc) is 3.55. The van der Waals surface area contributed by atoms with Crippen molar-refractivity contribution in [3.05, 3.63) is 97.7 Å². The Balaban J connectivity index is 1.76. The van der Waals surface area contributed by atoms with Gasteiger partial charge in [-0.15, -0.1) is 0 Å². The number of benzene rings is 2. The molecular weight excluding hydrogens is 522 g/mol. The first-order valence-electron chi connectivity index (χ1n) is 12.6. The zero-order valence-corrected chi connectivity index (χ0v) is 22.6. The summed E-state index contributed by atoms with van der Waals surface area (Å²) in [5.74, 6) is -1.32. The maximum atomic E-state index is 14.4. The molecule has 202 valence electrons. The summed E-state index contributed by atoms with van der Waals surface area (Å²) < 4.78 is 36.0. The second kappa shape index (κ2) is 10.7. The minimum Gasteiger partial charge on any atom is -0.448 e. The van der Waals surface area contributed by atoms with E-state index in [2.05, 4.69) is 0 Å². The summed E-state index contributed by atoms with van der Waals surface area (Å²) >= 11 is 1.50. The Morgan fingerprint density at radius 2 is 1.97 bits per heavy atom. The minimum absolute atomic E-state index is 0.00870. The van der Waals surface area contributed by atoms with Crippen LogP contribution in [0, 0.1) is 24.5 Å². The van der Waals surface area contributed by atoms with Gasteiger partial charge in [-0.1, -0.05) is 19.9 Å². The van der Waals surface area contributed by atoms with Crippen LogP contribution in [0.3, 0.4) is 0 Å². The quantitative estimate of drug-likeness (QED) is 0.270. The Morgan fingerprint density at radius 1 is 1.18 bits per heavy atom. The van der Waals surface area contributed by atoms with E-state index in [1.807, 2.05) is 30.7 Å². The Morgan fingerprint density at radius 3 is 2.64 bits per heavy atom. The van der Waals surface area contributed by atoms with Crippen LogP contribution >= 0.6 is 11.3 Å². The summed E-state index contributed by atoms with van der Waals surface area (Å²) in [5, 5.41) is 4.20. The molecule has 10 heteroatoms. The van der Waals surface area contributed by atoms with Crippen LogP contribution in [-0.2, 0) is 6.54 Å². The van der Waals surface area contributed by atoms with Gasteiger partial charge in [0.2, 0.25) is 5.58 Å². The van der Waals surface area contributed by atoms with Gasteiger partial charge in [-0.05, 0) is 71.1 Å². The van der Waals surface area contributed by atoms with Crippen LogP contribution in [0.15, 0.2) is 62.4 Å². The molecule has 2 N–H and O–H groups in total. The molecule has 2 aromatic carbocycles. The highest BCUT2D eigenvalue weighted by Crippen LogP contribution is 2.33. The highest BCUT2D eigenvalue weighted by Gasteiger charge is 2.33. The fourth-order valence-electron chi connectivity index (χ4n) is 4.85. The highest BCUT2D eigenvalue weighted by molar-refractivity contribution is 7.07. The van der Waals surface area contributed by atoms with Gasteiger partial charge in [-0.3, -0.25) is 14.2 Å². The first-order chi connectivity index (χ1) is 18.7. The van der Waals surface area contributed by atoms with E-state index in [0.717, 1.165) is 5.56 Å². The summed E-state index contributed by atoms with van der Waals surface area (Å²) in [6, 6.07) is 9.53. The van der Waals surface area contributed by atoms with Crippen LogP contribution in [0.1, 0.15) is 47.2 Å². The van der Waals surface area contributed by atoms with Crippen molar-refractivity contribution in [1.29, 1.82) is 0 Å². The fraction of sp³-hybridized carbons (Fsp3) is 0.276. The number of hydrogen-bond donors (Lipinski definition) is 1. The number of thiophene rings is 1. The van der Waals surface area contributed by atoms with Gasteiger partial charge in [0, 0.05) is 24.0 Å². The predicted molar refractivity (Wildman–Crippen MR) is 148 cm³/mol. The molecule has 3 heterocycles. The molecule has 0 saturated carbocycles. The van der Waals surface area contributed by atoms with Crippen LogP contribution in [-0.4, -0.2) is 33.4 Å². The number of halogens is 2. The lowest BCUT2D eigenvalue weighted by Gasteiger charge is -2.35. The number of rotatable bonds is 8. The lowest BCUT2D eigenvalue weighted by Crippen LogP contribution is -2.43. The van der Waals surface area contributed by atoms with Crippen LogP contribution in [0.2, 0.25) is 0 Å². The third kappa shape index (κ3) is 4.97. The predicted octanol–water partition coefficient (Wildman–Crippen LogP) is 5.64. The summed E-state index contributed by atoms with van der Waals surface area (Å²) in [6.07, 6.45) is 0. The third-order valence-electron chi connectivity index (χ3n) is 6.77. The average molecular weight is 551 g/mol. The van der Waals surface area contributed by atoms with Crippen LogP contribution in [0.4, 0.5) is 8.78 Å². The minimum atomic E-state index is -0.709. The molecule has 7 nitrogen and oxygen atoms in total. The van der Waals surface area contributed by atoms with Gasteiger partial charge in [-0.25, -0.2) is 13.8 Å². The van der Waals surface area contributed by atoms with Crippen LogP contribution in [0.5, 0.6) is 0 Å². The van der Waals surface area contributed by atoms with Crippen molar-refractivity contribution in [2.24, 2.45) is 11.7 Å². The van der Waals surface area contributed by atoms with E-state index in [-0.39, 0.29) is 42.2 Å². The van der Waals surface area contributed by atoms with Gasteiger partial charge >= 0.3 is 0 Å². The van der Waals surface area contributed by atoms with Crippen molar-refractivity contribution in [2.75, 3.05) is 13.1 Å². The number of carbonyl (C=O) groups excluding carboxylic acids is 1. The molecular formula is C29H28F2N4O3S. The maximum absolute atomic E-state index is 14.4. The molecule has 1 atom stereocenters. The van der Waals surface area contributed by atoms with Crippen LogP contribution < -0.4 is 11.3 Å². The molecule has 5 aromatic rings. The van der Waals surface area contributed by atoms with Gasteiger partial charge in [-0.2, -0.15) is 11.3 Å². The number of aromatic nitrogens is 2. The number of furan rings is 1. The van der Waals surface area contributed by atoms with E-state index >= 15 is 0 Å². The monoisotopic (exact) mass is 550 g/mol. The highest BCUT2D eigenvalue weighted by atomic mass is 32.1. The molecule has 3 aromatic heterocycles. The van der Waals surface area contributed by atoms with E-state index in [0.29, 0.717) is 22.4 Å². The van der Waals surface area contributed by atoms with Gasteiger partial charge in [0.1, 0.15) is 28.6 Å². The SMILES string of the molecule is Cc1ccc(C(=O)N(CCN)[C@@H](c2nc3c(oc4ccc(F)cc43)c(=O)n2Cc2ccsc2)C(C)C)cc1F. The van der Waals surface area contributed by atoms with E-state index < -0.39 is 29.1 Å². The first-order valence-corrected chi connectivity index (χ1v) is 13.5. The topological polar surface area (TPSA) is 94.4 Å². The van der Waals surface area contributed by atoms with Gasteiger partial charge < -0.3 is 15.1 Å².